The Morgan fingerprint density at radius 1 is 0.705 bits per heavy atom. The lowest BCUT2D eigenvalue weighted by Crippen LogP contribution is -2.54. The van der Waals surface area contributed by atoms with Crippen LogP contribution in [0.25, 0.3) is 16.9 Å². The van der Waals surface area contributed by atoms with Gasteiger partial charge in [-0.15, -0.1) is 0 Å². The molecule has 3 aromatic carbocycles. The number of nitrogens with two attached hydrogens (primary N) is 1. The molecule has 0 radical (unpaired) electrons. The van der Waals surface area contributed by atoms with E-state index in [1.54, 1.807) is 16.7 Å². The summed E-state index contributed by atoms with van der Waals surface area (Å²) in [7, 11) is 0. The van der Waals surface area contributed by atoms with E-state index in [4.69, 9.17) is 10.5 Å². The molecule has 4 fully saturated rings. The van der Waals surface area contributed by atoms with E-state index in [0.717, 1.165) is 81.5 Å². The van der Waals surface area contributed by atoms with Crippen LogP contribution in [0.2, 0.25) is 0 Å². The molecule has 1 aliphatic carbocycles. The number of likely N-dealkylation sites (tertiary alicyclic amines) is 1. The molecular weight excluding hydrogens is 777 g/mol. The van der Waals surface area contributed by atoms with Gasteiger partial charge in [0.05, 0.1) is 16.8 Å². The minimum Gasteiger partial charge on any atom is -0.457 e. The molecule has 4 aliphatic heterocycles. The first kappa shape index (κ1) is 38.8. The predicted octanol–water partition coefficient (Wildman–Crippen LogP) is 3.84. The Hall–Kier alpha value is -6.39. The van der Waals surface area contributed by atoms with Crippen molar-refractivity contribution in [2.75, 3.05) is 63.0 Å². The van der Waals surface area contributed by atoms with Gasteiger partial charge in [-0.1, -0.05) is 18.2 Å². The molecule has 61 heavy (non-hydrogen) atoms. The summed E-state index contributed by atoms with van der Waals surface area (Å²) >= 11 is 0. The highest BCUT2D eigenvalue weighted by Crippen LogP contribution is 2.37. The van der Waals surface area contributed by atoms with E-state index in [2.05, 4.69) is 30.0 Å². The van der Waals surface area contributed by atoms with E-state index >= 15 is 0 Å². The number of piperazine rings is 1. The van der Waals surface area contributed by atoms with Gasteiger partial charge in [-0.3, -0.25) is 43.4 Å². The van der Waals surface area contributed by atoms with E-state index in [0.29, 0.717) is 45.6 Å². The third-order valence-electron chi connectivity index (χ3n) is 13.2. The molecule has 0 bridgehead atoms. The van der Waals surface area contributed by atoms with Gasteiger partial charge in [0.2, 0.25) is 11.8 Å². The van der Waals surface area contributed by atoms with Crippen LogP contribution in [0.4, 0.5) is 11.5 Å². The van der Waals surface area contributed by atoms with Gasteiger partial charge in [0.25, 0.3) is 11.8 Å². The number of para-hydroxylation sites is 1. The van der Waals surface area contributed by atoms with Crippen LogP contribution in [0.1, 0.15) is 65.3 Å². The zero-order valence-corrected chi connectivity index (χ0v) is 33.8. The number of imidazole rings is 1. The number of piperidine rings is 2. The van der Waals surface area contributed by atoms with Gasteiger partial charge >= 0.3 is 5.69 Å². The van der Waals surface area contributed by atoms with Crippen molar-refractivity contribution in [3.63, 3.8) is 0 Å². The van der Waals surface area contributed by atoms with Gasteiger partial charge in [0.15, 0.2) is 11.5 Å². The van der Waals surface area contributed by atoms with Crippen molar-refractivity contribution < 1.29 is 23.9 Å². The molecule has 1 atom stereocenters. The minimum atomic E-state index is -0.970. The Balaban J connectivity index is 0.700. The van der Waals surface area contributed by atoms with Gasteiger partial charge in [-0.2, -0.15) is 0 Å². The summed E-state index contributed by atoms with van der Waals surface area (Å²) in [6.07, 6.45) is 5.78. The molecule has 5 aromatic rings. The summed E-state index contributed by atoms with van der Waals surface area (Å²) < 4.78 is 9.41. The summed E-state index contributed by atoms with van der Waals surface area (Å²) in [5.41, 5.74) is 9.48. The van der Waals surface area contributed by atoms with Crippen LogP contribution in [0.15, 0.2) is 83.9 Å². The van der Waals surface area contributed by atoms with Crippen molar-refractivity contribution in [2.45, 2.75) is 50.6 Å². The number of carbonyl (C=O) groups excluding carboxylic acids is 4. The highest BCUT2D eigenvalue weighted by Gasteiger charge is 2.45. The first-order chi connectivity index (χ1) is 29.7. The number of nitrogens with zero attached hydrogens (tertiary/aromatic N) is 8. The maximum atomic E-state index is 14.2. The molecule has 16 nitrogen and oxygen atoms in total. The second kappa shape index (κ2) is 15.9. The number of hydrogen-bond donors (Lipinski definition) is 2. The van der Waals surface area contributed by atoms with Crippen molar-refractivity contribution >= 4 is 46.3 Å². The molecule has 2 aromatic heterocycles. The third-order valence-corrected chi connectivity index (χ3v) is 13.2. The molecule has 0 spiro atoms. The van der Waals surface area contributed by atoms with Crippen LogP contribution in [0.3, 0.4) is 0 Å². The number of nitrogens with one attached hydrogen (secondary N) is 1. The molecule has 16 heteroatoms. The molecule has 5 aliphatic rings. The number of ether oxygens (including phenoxy) is 1. The predicted molar refractivity (Wildman–Crippen MR) is 227 cm³/mol. The summed E-state index contributed by atoms with van der Waals surface area (Å²) in [6, 6.07) is 21.3. The minimum absolute atomic E-state index is 0.00241. The number of imide groups is 2. The normalized spacial score (nSPS) is 22.7. The summed E-state index contributed by atoms with van der Waals surface area (Å²) in [4.78, 5) is 81.9. The van der Waals surface area contributed by atoms with Crippen molar-refractivity contribution in [2.24, 2.45) is 11.8 Å². The van der Waals surface area contributed by atoms with Crippen LogP contribution >= 0.6 is 0 Å². The van der Waals surface area contributed by atoms with Crippen LogP contribution < -0.4 is 26.4 Å². The summed E-state index contributed by atoms with van der Waals surface area (Å²) in [5.74, 6) is 1.04. The smallest absolute Gasteiger partial charge is 0.335 e. The van der Waals surface area contributed by atoms with E-state index < -0.39 is 23.8 Å². The zero-order valence-electron chi connectivity index (χ0n) is 33.8. The number of aromatic nitrogens is 4. The number of hydrogen-bond acceptors (Lipinski definition) is 12. The number of nitrogen functional groups attached to an aromatic ring is 1. The topological polar surface area (TPSA) is 181 Å². The average Bonchev–Trinajstić information content (AvgIpc) is 3.70. The molecule has 3 saturated heterocycles. The van der Waals surface area contributed by atoms with Crippen molar-refractivity contribution in [3.05, 3.63) is 101 Å². The summed E-state index contributed by atoms with van der Waals surface area (Å²) in [6.45, 7) is 7.44. The Morgan fingerprint density at radius 3 is 2.07 bits per heavy atom. The lowest BCUT2D eigenvalue weighted by Gasteiger charge is -2.44. The number of amides is 4. The lowest BCUT2D eigenvalue weighted by atomic mass is 9.74. The molecule has 10 rings (SSSR count). The largest absolute Gasteiger partial charge is 0.457 e. The lowest BCUT2D eigenvalue weighted by molar-refractivity contribution is -0.136. The number of benzene rings is 3. The standard InChI is InChI=1S/C45H48N10O6/c46-40-39-41(48-27-47-40)54(45(60)53(39)30-6-9-34(10-7-30)61-33-4-2-1-3-5-33)31-14-16-50(17-15-31)25-28-22-29(23-28)26-51-18-20-52(21-19-51)32-8-11-35-36(24-32)44(59)55(43(35)58)37-12-13-38(56)49-42(37)57/h1-11,24,27-29,31,37H,12-23,25-26H2,(H2,46,47,48)(H,49,56,57). The van der Waals surface area contributed by atoms with Crippen LogP contribution in [0.5, 0.6) is 11.5 Å². The summed E-state index contributed by atoms with van der Waals surface area (Å²) in [5, 5.41) is 2.25. The third kappa shape index (κ3) is 7.33. The van der Waals surface area contributed by atoms with Gasteiger partial charge < -0.3 is 20.3 Å². The zero-order chi connectivity index (χ0) is 41.8. The van der Waals surface area contributed by atoms with Gasteiger partial charge in [-0.25, -0.2) is 14.8 Å². The van der Waals surface area contributed by atoms with E-state index in [9.17, 15) is 24.0 Å². The molecule has 1 saturated carbocycles. The van der Waals surface area contributed by atoms with E-state index in [1.165, 1.54) is 19.2 Å². The van der Waals surface area contributed by atoms with Crippen molar-refractivity contribution in [1.82, 2.24) is 39.1 Å². The SMILES string of the molecule is Nc1ncnc2c1n(-c1ccc(Oc3ccccc3)cc1)c(=O)n2C1CCN(CC2CC(CN3CCN(c4ccc5c(c4)C(=O)N(C4CCC(=O)NC4=O)C5=O)CC3)C2)CC1. The van der Waals surface area contributed by atoms with Gasteiger partial charge in [0, 0.05) is 70.5 Å². The number of fused-ring (bicyclic) bond motifs is 2. The molecule has 3 N–H and O–H groups in total. The first-order valence-electron chi connectivity index (χ1n) is 21.3. The van der Waals surface area contributed by atoms with Gasteiger partial charge in [0.1, 0.15) is 29.4 Å². The maximum absolute atomic E-state index is 14.2. The second-order valence-electron chi connectivity index (χ2n) is 17.0. The highest BCUT2D eigenvalue weighted by molar-refractivity contribution is 6.23. The van der Waals surface area contributed by atoms with Gasteiger partial charge in [-0.05, 0) is 98.5 Å². The number of anilines is 2. The molecule has 314 valence electrons. The number of rotatable bonds is 10. The fourth-order valence-electron chi connectivity index (χ4n) is 10.0. The quantitative estimate of drug-likeness (QED) is 0.195. The van der Waals surface area contributed by atoms with Crippen molar-refractivity contribution in [1.29, 1.82) is 0 Å². The van der Waals surface area contributed by atoms with E-state index in [-0.39, 0.29) is 36.3 Å². The van der Waals surface area contributed by atoms with Crippen molar-refractivity contribution in [3.8, 4) is 17.2 Å². The Labute approximate surface area is 351 Å². The average molecular weight is 825 g/mol. The fraction of sp³-hybridized carbons (Fsp3) is 0.400. The Morgan fingerprint density at radius 2 is 1.36 bits per heavy atom. The molecule has 6 heterocycles. The monoisotopic (exact) mass is 824 g/mol. The highest BCUT2D eigenvalue weighted by atomic mass is 16.5. The molecule has 4 amide bonds. The van der Waals surface area contributed by atoms with Crippen LogP contribution in [-0.4, -0.2) is 116 Å². The second-order valence-corrected chi connectivity index (χ2v) is 17.0. The fourth-order valence-corrected chi connectivity index (χ4v) is 10.0. The van der Waals surface area contributed by atoms with E-state index in [1.807, 2.05) is 65.2 Å². The molecule has 1 unspecified atom stereocenters. The maximum Gasteiger partial charge on any atom is 0.335 e. The Bertz CT molecular complexity index is 2570. The molecular formula is C45H48N10O6. The Kier molecular flexibility index (Phi) is 10.1. The van der Waals surface area contributed by atoms with Crippen LogP contribution in [0, 0.1) is 11.8 Å². The number of carbonyl (C=O) groups is 4. The van der Waals surface area contributed by atoms with Crippen LogP contribution in [-0.2, 0) is 9.59 Å². The first-order valence-corrected chi connectivity index (χ1v) is 21.3.